The van der Waals surface area contributed by atoms with Gasteiger partial charge < -0.3 is 19.7 Å². The van der Waals surface area contributed by atoms with E-state index in [0.29, 0.717) is 0 Å². The first-order valence-electron chi connectivity index (χ1n) is 9.98. The molecule has 2 aromatic heterocycles. The molecule has 0 radical (unpaired) electrons. The van der Waals surface area contributed by atoms with Gasteiger partial charge in [-0.1, -0.05) is 35.5 Å². The number of nitrogens with one attached hydrogen (secondary N) is 2. The minimum atomic E-state index is 0.753. The van der Waals surface area contributed by atoms with Gasteiger partial charge in [-0.2, -0.15) is 0 Å². The maximum atomic E-state index is 5.20. The number of hydrogen-bond donors (Lipinski definition) is 2. The van der Waals surface area contributed by atoms with E-state index in [1.807, 2.05) is 6.20 Å². The minimum absolute atomic E-state index is 0.753. The smallest absolute Gasteiger partial charge is 0.121 e. The maximum Gasteiger partial charge on any atom is 0.121 e. The number of fused-ring (bicyclic) bond motifs is 2. The van der Waals surface area contributed by atoms with Crippen molar-refractivity contribution in [1.29, 1.82) is 0 Å². The number of H-pyrrole nitrogens is 1. The third-order valence-electron chi connectivity index (χ3n) is 5.44. The van der Waals surface area contributed by atoms with Crippen LogP contribution in [0.1, 0.15) is 23.4 Å². The van der Waals surface area contributed by atoms with Crippen LogP contribution in [-0.4, -0.2) is 28.2 Å². The Kier molecular flexibility index (Phi) is 5.62. The van der Waals surface area contributed by atoms with Crippen LogP contribution in [0.4, 0.5) is 0 Å². The van der Waals surface area contributed by atoms with E-state index in [4.69, 9.17) is 4.84 Å². The highest BCUT2D eigenvalue weighted by atomic mass is 16.6. The summed E-state index contributed by atoms with van der Waals surface area (Å²) in [7, 11) is 1.60. The molecular weight excluding hydrogens is 362 g/mol. The van der Waals surface area contributed by atoms with Crippen molar-refractivity contribution in [2.45, 2.75) is 33.4 Å². The number of rotatable bonds is 7. The number of hydrogen-bond acceptors (Lipinski definition) is 4. The lowest BCUT2D eigenvalue weighted by Gasteiger charge is -2.19. The Balaban J connectivity index is 1.74. The van der Waals surface area contributed by atoms with Crippen LogP contribution in [0.3, 0.4) is 0 Å². The van der Waals surface area contributed by atoms with Crippen LogP contribution in [0, 0.1) is 13.8 Å². The highest BCUT2D eigenvalue weighted by molar-refractivity contribution is 5.95. The third kappa shape index (κ3) is 3.76. The Morgan fingerprint density at radius 3 is 2.79 bits per heavy atom. The summed E-state index contributed by atoms with van der Waals surface area (Å²) in [5.41, 5.74) is 4.96. The topological polar surface area (TPSA) is 67.2 Å². The number of aromatic amines is 1. The molecule has 0 bridgehead atoms. The van der Waals surface area contributed by atoms with Crippen LogP contribution in [0.25, 0.3) is 21.8 Å². The van der Waals surface area contributed by atoms with Gasteiger partial charge >= 0.3 is 0 Å². The molecule has 0 unspecified atom stereocenters. The molecule has 0 fully saturated rings. The van der Waals surface area contributed by atoms with Crippen molar-refractivity contribution in [2.24, 2.45) is 5.16 Å². The van der Waals surface area contributed by atoms with E-state index in [9.17, 15) is 0 Å². The van der Waals surface area contributed by atoms with Crippen molar-refractivity contribution in [3.05, 3.63) is 71.1 Å². The van der Waals surface area contributed by atoms with E-state index in [1.54, 1.807) is 13.3 Å². The van der Waals surface area contributed by atoms with Crippen LogP contribution >= 0.6 is 0 Å². The van der Waals surface area contributed by atoms with Crippen molar-refractivity contribution in [3.8, 4) is 0 Å². The predicted molar refractivity (Wildman–Crippen MR) is 116 cm³/mol. The van der Waals surface area contributed by atoms with Crippen LogP contribution < -0.4 is 10.7 Å². The van der Waals surface area contributed by atoms with Crippen molar-refractivity contribution < 1.29 is 4.84 Å². The molecular formula is C23H27N5O. The third-order valence-corrected chi connectivity index (χ3v) is 5.44. The number of benzene rings is 2. The molecule has 6 nitrogen and oxygen atoms in total. The van der Waals surface area contributed by atoms with E-state index in [1.165, 1.54) is 22.2 Å². The molecule has 0 aliphatic carbocycles. The Bertz CT molecular complexity index is 1190. The SMILES string of the molecule is CO/N=c1/c2ccccc2n(CCCNCc2ncc[nH]2)c2c(C)c(C)ccc12. The Hall–Kier alpha value is -3.12. The molecule has 0 aliphatic rings. The fraction of sp³-hybridized carbons (Fsp3) is 0.304. The summed E-state index contributed by atoms with van der Waals surface area (Å²) in [5, 5.41) is 11.0. The van der Waals surface area contributed by atoms with Crippen molar-refractivity contribution in [3.63, 3.8) is 0 Å². The van der Waals surface area contributed by atoms with E-state index in [0.717, 1.165) is 48.0 Å². The molecule has 150 valence electrons. The monoisotopic (exact) mass is 389 g/mol. The number of aromatic nitrogens is 3. The van der Waals surface area contributed by atoms with Crippen LogP contribution in [0.2, 0.25) is 0 Å². The van der Waals surface area contributed by atoms with Gasteiger partial charge in [-0.25, -0.2) is 4.98 Å². The van der Waals surface area contributed by atoms with Crippen LogP contribution in [-0.2, 0) is 17.9 Å². The van der Waals surface area contributed by atoms with Crippen molar-refractivity contribution >= 4 is 21.8 Å². The molecule has 0 saturated carbocycles. The van der Waals surface area contributed by atoms with Gasteiger partial charge in [-0.05, 0) is 44.0 Å². The van der Waals surface area contributed by atoms with E-state index in [2.05, 4.69) is 75.3 Å². The maximum absolute atomic E-state index is 5.20. The van der Waals surface area contributed by atoms with Gasteiger partial charge in [0.1, 0.15) is 18.3 Å². The van der Waals surface area contributed by atoms with Gasteiger partial charge in [0.05, 0.1) is 17.6 Å². The number of para-hydroxylation sites is 1. The molecule has 6 heteroatoms. The number of imidazole rings is 1. The molecule has 0 amide bonds. The number of aryl methyl sites for hydroxylation is 3. The van der Waals surface area contributed by atoms with Gasteiger partial charge in [0, 0.05) is 29.7 Å². The van der Waals surface area contributed by atoms with Gasteiger partial charge in [0.2, 0.25) is 0 Å². The molecule has 4 aromatic rings. The summed E-state index contributed by atoms with van der Waals surface area (Å²) in [6, 6.07) is 12.7. The molecule has 0 spiro atoms. The van der Waals surface area contributed by atoms with Gasteiger partial charge in [-0.15, -0.1) is 0 Å². The number of pyridine rings is 1. The van der Waals surface area contributed by atoms with Crippen LogP contribution in [0.15, 0.2) is 53.9 Å². The average Bonchev–Trinajstić information content (AvgIpc) is 3.25. The molecule has 0 aliphatic heterocycles. The Labute approximate surface area is 170 Å². The lowest BCUT2D eigenvalue weighted by atomic mass is 10.0. The zero-order chi connectivity index (χ0) is 20.2. The first kappa shape index (κ1) is 19.2. The molecule has 29 heavy (non-hydrogen) atoms. The molecule has 4 rings (SSSR count). The molecule has 2 heterocycles. The lowest BCUT2D eigenvalue weighted by molar-refractivity contribution is 0.202. The average molecular weight is 390 g/mol. The second-order valence-electron chi connectivity index (χ2n) is 7.26. The molecule has 2 N–H and O–H groups in total. The van der Waals surface area contributed by atoms with Crippen molar-refractivity contribution in [1.82, 2.24) is 19.9 Å². The second kappa shape index (κ2) is 8.49. The first-order valence-corrected chi connectivity index (χ1v) is 9.98. The molecule has 0 saturated heterocycles. The minimum Gasteiger partial charge on any atom is -0.399 e. The summed E-state index contributed by atoms with van der Waals surface area (Å²) in [5.74, 6) is 0.963. The fourth-order valence-electron chi connectivity index (χ4n) is 3.90. The lowest BCUT2D eigenvalue weighted by Crippen LogP contribution is -2.19. The summed E-state index contributed by atoms with van der Waals surface area (Å²) in [6.45, 7) is 6.93. The van der Waals surface area contributed by atoms with Gasteiger partial charge in [0.15, 0.2) is 0 Å². The quantitative estimate of drug-likeness (QED) is 0.287. The Morgan fingerprint density at radius 1 is 1.14 bits per heavy atom. The van der Waals surface area contributed by atoms with Gasteiger partial charge in [0.25, 0.3) is 0 Å². The first-order chi connectivity index (χ1) is 14.2. The van der Waals surface area contributed by atoms with E-state index >= 15 is 0 Å². The fourth-order valence-corrected chi connectivity index (χ4v) is 3.90. The molecule has 0 atom stereocenters. The summed E-state index contributed by atoms with van der Waals surface area (Å²) in [4.78, 5) is 12.6. The Morgan fingerprint density at radius 2 is 2.00 bits per heavy atom. The van der Waals surface area contributed by atoms with Crippen molar-refractivity contribution in [2.75, 3.05) is 13.7 Å². The largest absolute Gasteiger partial charge is 0.399 e. The summed E-state index contributed by atoms with van der Waals surface area (Å²) in [6.07, 6.45) is 4.64. The van der Waals surface area contributed by atoms with E-state index in [-0.39, 0.29) is 0 Å². The summed E-state index contributed by atoms with van der Waals surface area (Å²) >= 11 is 0. The molecule has 2 aromatic carbocycles. The normalized spacial score (nSPS) is 12.2. The standard InChI is InChI=1S/C23H27N5O/c1-16-9-10-19-22(27-29-3)18-7-4-5-8-20(18)28(23(19)17(16)2)14-6-11-24-15-21-25-12-13-26-21/h4-5,7-10,12-13,24H,6,11,14-15H2,1-3H3,(H,25,26)/b27-22-. The highest BCUT2D eigenvalue weighted by Gasteiger charge is 2.13. The number of nitrogens with zero attached hydrogens (tertiary/aromatic N) is 3. The zero-order valence-electron chi connectivity index (χ0n) is 17.2. The summed E-state index contributed by atoms with van der Waals surface area (Å²) < 4.78 is 2.43. The van der Waals surface area contributed by atoms with E-state index < -0.39 is 0 Å². The highest BCUT2D eigenvalue weighted by Crippen LogP contribution is 2.24. The second-order valence-corrected chi connectivity index (χ2v) is 7.26. The van der Waals surface area contributed by atoms with Crippen LogP contribution in [0.5, 0.6) is 0 Å². The van der Waals surface area contributed by atoms with Gasteiger partial charge in [-0.3, -0.25) is 0 Å². The predicted octanol–water partition coefficient (Wildman–Crippen LogP) is 3.78. The zero-order valence-corrected chi connectivity index (χ0v) is 17.2.